The molecule has 2 unspecified atom stereocenters. The van der Waals surface area contributed by atoms with Gasteiger partial charge < -0.3 is 20.3 Å². The maximum absolute atomic E-state index is 14.0. The first-order chi connectivity index (χ1) is 20.5. The molecule has 8 nitrogen and oxygen atoms in total. The van der Waals surface area contributed by atoms with Crippen LogP contribution < -0.4 is 20.9 Å². The van der Waals surface area contributed by atoms with Gasteiger partial charge in [0, 0.05) is 51.8 Å². The Bertz CT molecular complexity index is 1400. The van der Waals surface area contributed by atoms with Crippen LogP contribution >= 0.6 is 0 Å². The number of halogens is 2. The number of ether oxygens (including phenoxy) is 1. The average molecular weight is 597 g/mol. The first-order valence-corrected chi connectivity index (χ1v) is 15.2. The second kappa shape index (κ2) is 14.3. The number of hydrogen-bond donors (Lipinski definition) is 2. The van der Waals surface area contributed by atoms with Gasteiger partial charge in [-0.3, -0.25) is 9.36 Å². The maximum Gasteiger partial charge on any atom is 0.260 e. The Morgan fingerprint density at radius 2 is 2.02 bits per heavy atom. The summed E-state index contributed by atoms with van der Waals surface area (Å²) in [5, 5.41) is 7.21. The molecular weight excluding hydrogens is 550 g/mol. The van der Waals surface area contributed by atoms with E-state index in [0.717, 1.165) is 50.7 Å². The smallest absolute Gasteiger partial charge is 0.260 e. The van der Waals surface area contributed by atoms with E-state index >= 15 is 0 Å². The maximum atomic E-state index is 14.0. The number of nitrogens with zero attached hydrogens (tertiary/aromatic N) is 4. The molecular formula is C33H46F2N6O2. The zero-order chi connectivity index (χ0) is 31.1. The molecule has 234 valence electrons. The van der Waals surface area contributed by atoms with Crippen molar-refractivity contribution in [1.82, 2.24) is 25.1 Å². The van der Waals surface area contributed by atoms with E-state index in [-0.39, 0.29) is 17.9 Å². The minimum absolute atomic E-state index is 0.113. The van der Waals surface area contributed by atoms with E-state index in [1.165, 1.54) is 17.1 Å². The molecule has 3 atom stereocenters. The van der Waals surface area contributed by atoms with Crippen molar-refractivity contribution < 1.29 is 13.5 Å². The van der Waals surface area contributed by atoms with Crippen molar-refractivity contribution in [1.29, 1.82) is 0 Å². The summed E-state index contributed by atoms with van der Waals surface area (Å²) in [6, 6.07) is 3.44. The van der Waals surface area contributed by atoms with Crippen molar-refractivity contribution in [3.63, 3.8) is 0 Å². The summed E-state index contributed by atoms with van der Waals surface area (Å²) in [5.74, 6) is 0.725. The second-order valence-electron chi connectivity index (χ2n) is 12.3. The zero-order valence-electron chi connectivity index (χ0n) is 26.1. The van der Waals surface area contributed by atoms with E-state index in [1.54, 1.807) is 19.2 Å². The Morgan fingerprint density at radius 1 is 1.28 bits per heavy atom. The van der Waals surface area contributed by atoms with Gasteiger partial charge in [0.2, 0.25) is 0 Å². The molecule has 1 aromatic heterocycles. The summed E-state index contributed by atoms with van der Waals surface area (Å²) < 4.78 is 34.2. The number of aliphatic imine (C=N–C) groups is 1. The largest absolute Gasteiger partial charge is 0.483 e. The molecule has 1 saturated carbocycles. The van der Waals surface area contributed by atoms with Crippen molar-refractivity contribution in [3.05, 3.63) is 76.0 Å². The predicted octanol–water partition coefficient (Wildman–Crippen LogP) is 4.69. The Kier molecular flexibility index (Phi) is 10.8. The van der Waals surface area contributed by atoms with E-state index in [0.29, 0.717) is 53.3 Å². The minimum Gasteiger partial charge on any atom is -0.483 e. The summed E-state index contributed by atoms with van der Waals surface area (Å²) in [6.07, 6.45) is 7.99. The number of aromatic nitrogens is 2. The lowest BCUT2D eigenvalue weighted by Crippen LogP contribution is -2.56. The molecule has 10 heteroatoms. The lowest BCUT2D eigenvalue weighted by atomic mass is 9.63. The van der Waals surface area contributed by atoms with Crippen LogP contribution in [0.15, 0.2) is 46.7 Å². The third kappa shape index (κ3) is 7.90. The molecule has 1 aliphatic carbocycles. The van der Waals surface area contributed by atoms with Crippen LogP contribution in [0.3, 0.4) is 0 Å². The summed E-state index contributed by atoms with van der Waals surface area (Å²) >= 11 is 0. The van der Waals surface area contributed by atoms with E-state index in [4.69, 9.17) is 9.73 Å². The fourth-order valence-corrected chi connectivity index (χ4v) is 5.91. The molecule has 0 radical (unpaired) electrons. The zero-order valence-corrected chi connectivity index (χ0v) is 26.1. The van der Waals surface area contributed by atoms with Gasteiger partial charge in [0.05, 0.1) is 17.8 Å². The monoisotopic (exact) mass is 596 g/mol. The lowest BCUT2D eigenvalue weighted by molar-refractivity contribution is 0.0743. The number of nitrogens with one attached hydrogen (secondary N) is 2. The van der Waals surface area contributed by atoms with Crippen LogP contribution in [-0.4, -0.2) is 59.2 Å². The van der Waals surface area contributed by atoms with Gasteiger partial charge in [0.15, 0.2) is 17.5 Å². The van der Waals surface area contributed by atoms with Crippen LogP contribution in [0.1, 0.15) is 57.6 Å². The molecule has 2 N–H and O–H groups in total. The molecule has 2 fully saturated rings. The molecule has 1 aromatic carbocycles. The van der Waals surface area contributed by atoms with E-state index in [9.17, 15) is 13.6 Å². The second-order valence-corrected chi connectivity index (χ2v) is 12.3. The van der Waals surface area contributed by atoms with Crippen molar-refractivity contribution in [2.24, 2.45) is 29.3 Å². The Labute approximate surface area is 254 Å². The molecule has 43 heavy (non-hydrogen) atoms. The highest BCUT2D eigenvalue weighted by Gasteiger charge is 2.39. The summed E-state index contributed by atoms with van der Waals surface area (Å²) in [5.41, 5.74) is 1.07. The molecule has 2 heterocycles. The number of rotatable bonds is 9. The first kappa shape index (κ1) is 32.4. The lowest BCUT2D eigenvalue weighted by Gasteiger charge is -2.46. The molecule has 0 amide bonds. The number of hydrogen-bond acceptors (Lipinski definition) is 5. The van der Waals surface area contributed by atoms with E-state index in [2.05, 4.69) is 54.8 Å². The van der Waals surface area contributed by atoms with Crippen LogP contribution in [-0.2, 0) is 20.1 Å². The van der Waals surface area contributed by atoms with Crippen molar-refractivity contribution in [3.8, 4) is 5.75 Å². The van der Waals surface area contributed by atoms with Crippen LogP contribution in [0.2, 0.25) is 0 Å². The molecule has 2 aliphatic rings. The standard InChI is InChI=1S/C33H46F2N6O2/c1-7-9-28-25(31(42)40(6)30(38-28)21-43-29-12-11-24(34)20-26(29)35)10-8-15-37-32(41-18-16-36-17-19-41)39-27-13-14-33(4,5)23(3)22(27)2/h7-8,10-12,20,22-23,27,36H,1,9,13-19,21H2,2-6H3,(H,37,39)/b10-8-/t22?,23-,27?/m0/s1. The van der Waals surface area contributed by atoms with Crippen LogP contribution in [0.25, 0.3) is 6.08 Å². The van der Waals surface area contributed by atoms with Crippen molar-refractivity contribution in [2.75, 3.05) is 32.7 Å². The third-order valence-corrected chi connectivity index (χ3v) is 9.20. The predicted molar refractivity (Wildman–Crippen MR) is 168 cm³/mol. The van der Waals surface area contributed by atoms with Gasteiger partial charge in [0.25, 0.3) is 5.56 Å². The van der Waals surface area contributed by atoms with Gasteiger partial charge in [-0.2, -0.15) is 0 Å². The normalized spacial score (nSPS) is 22.5. The molecule has 1 aliphatic heterocycles. The average Bonchev–Trinajstić information content (AvgIpc) is 2.98. The van der Waals surface area contributed by atoms with Crippen LogP contribution in [0, 0.1) is 28.9 Å². The highest BCUT2D eigenvalue weighted by atomic mass is 19.1. The molecule has 4 rings (SSSR count). The molecule has 1 saturated heterocycles. The van der Waals surface area contributed by atoms with E-state index in [1.807, 2.05) is 6.08 Å². The Morgan fingerprint density at radius 3 is 2.72 bits per heavy atom. The number of guanidine groups is 1. The first-order valence-electron chi connectivity index (χ1n) is 15.2. The van der Waals surface area contributed by atoms with Crippen LogP contribution in [0.5, 0.6) is 5.75 Å². The SMILES string of the molecule is C=CCc1nc(COc2ccc(F)cc2F)n(C)c(=O)c1/C=C\CN=C(NC1CCC(C)(C)[C@@H](C)C1C)N1CCNCC1. The van der Waals surface area contributed by atoms with Gasteiger partial charge in [0.1, 0.15) is 18.2 Å². The number of piperazine rings is 1. The number of benzene rings is 1. The third-order valence-electron chi connectivity index (χ3n) is 9.20. The summed E-state index contributed by atoms with van der Waals surface area (Å²) in [7, 11) is 1.60. The fourth-order valence-electron chi connectivity index (χ4n) is 5.91. The molecule has 0 spiro atoms. The Hall–Kier alpha value is -3.53. The minimum atomic E-state index is -0.817. The summed E-state index contributed by atoms with van der Waals surface area (Å²) in [6.45, 7) is 17.1. The van der Waals surface area contributed by atoms with Crippen molar-refractivity contribution in [2.45, 2.75) is 59.6 Å². The van der Waals surface area contributed by atoms with Gasteiger partial charge in [-0.15, -0.1) is 6.58 Å². The van der Waals surface area contributed by atoms with Crippen LogP contribution in [0.4, 0.5) is 8.78 Å². The quantitative estimate of drug-likeness (QED) is 0.248. The van der Waals surface area contributed by atoms with Gasteiger partial charge in [-0.1, -0.05) is 39.8 Å². The van der Waals surface area contributed by atoms with Gasteiger partial charge >= 0.3 is 0 Å². The molecule has 0 bridgehead atoms. The fraction of sp³-hybridized carbons (Fsp3) is 0.545. The van der Waals surface area contributed by atoms with Gasteiger partial charge in [-0.25, -0.2) is 18.8 Å². The van der Waals surface area contributed by atoms with Crippen molar-refractivity contribution >= 4 is 12.0 Å². The topological polar surface area (TPSA) is 83.8 Å². The number of allylic oxidation sites excluding steroid dienone is 1. The van der Waals surface area contributed by atoms with E-state index < -0.39 is 11.6 Å². The van der Waals surface area contributed by atoms with Gasteiger partial charge in [-0.05, 0) is 48.3 Å². The highest BCUT2D eigenvalue weighted by molar-refractivity contribution is 5.80. The highest BCUT2D eigenvalue weighted by Crippen LogP contribution is 2.43. The Balaban J connectivity index is 1.52. The summed E-state index contributed by atoms with van der Waals surface area (Å²) in [4.78, 5) is 25.3. The molecule has 2 aromatic rings.